The Kier molecular flexibility index (Phi) is 5.28. The number of hydrogen-bond acceptors (Lipinski definition) is 3. The van der Waals surface area contributed by atoms with E-state index in [0.717, 1.165) is 30.8 Å². The second-order valence-corrected chi connectivity index (χ2v) is 7.74. The van der Waals surface area contributed by atoms with Crippen LogP contribution in [0.2, 0.25) is 0 Å². The maximum atomic E-state index is 10.8. The van der Waals surface area contributed by atoms with E-state index >= 15 is 0 Å². The Morgan fingerprint density at radius 1 is 1.00 bits per heavy atom. The summed E-state index contributed by atoms with van der Waals surface area (Å²) in [4.78, 5) is 2.53. The molecule has 1 unspecified atom stereocenters. The van der Waals surface area contributed by atoms with Gasteiger partial charge in [0.25, 0.3) is 0 Å². The first kappa shape index (κ1) is 17.6. The number of aliphatic hydroxyl groups excluding tert-OH is 1. The molecule has 0 aromatic heterocycles. The lowest BCUT2D eigenvalue weighted by Crippen LogP contribution is -2.40. The minimum Gasteiger partial charge on any atom is -0.497 e. The van der Waals surface area contributed by atoms with Crippen molar-refractivity contribution in [3.05, 3.63) is 65.2 Å². The predicted octanol–water partition coefficient (Wildman–Crippen LogP) is 4.31. The van der Waals surface area contributed by atoms with Crippen LogP contribution in [0.4, 0.5) is 0 Å². The number of nitrogens with zero attached hydrogens (tertiary/aromatic N) is 1. The van der Waals surface area contributed by atoms with Crippen LogP contribution in [0.25, 0.3) is 0 Å². The number of fused-ring (bicyclic) bond motifs is 1. The monoisotopic (exact) mass is 351 g/mol. The van der Waals surface area contributed by atoms with Gasteiger partial charge in [-0.1, -0.05) is 36.4 Å². The predicted molar refractivity (Wildman–Crippen MR) is 105 cm³/mol. The lowest BCUT2D eigenvalue weighted by atomic mass is 9.81. The van der Waals surface area contributed by atoms with Crippen LogP contribution in [0.5, 0.6) is 5.75 Å². The van der Waals surface area contributed by atoms with Crippen molar-refractivity contribution >= 4 is 0 Å². The average Bonchev–Trinajstić information content (AvgIpc) is 2.87. The van der Waals surface area contributed by atoms with Crippen molar-refractivity contribution in [2.24, 2.45) is 0 Å². The van der Waals surface area contributed by atoms with E-state index in [9.17, 15) is 5.11 Å². The van der Waals surface area contributed by atoms with Crippen LogP contribution < -0.4 is 4.74 Å². The van der Waals surface area contributed by atoms with E-state index in [0.29, 0.717) is 12.0 Å². The zero-order valence-corrected chi connectivity index (χ0v) is 15.6. The third kappa shape index (κ3) is 3.65. The summed E-state index contributed by atoms with van der Waals surface area (Å²) in [7, 11) is 1.70. The first-order chi connectivity index (χ1) is 12.7. The fraction of sp³-hybridized carbons (Fsp3) is 0.478. The topological polar surface area (TPSA) is 32.7 Å². The molecule has 3 heteroatoms. The quantitative estimate of drug-likeness (QED) is 0.894. The molecule has 1 N–H and O–H groups in total. The molecule has 1 aliphatic carbocycles. The van der Waals surface area contributed by atoms with E-state index in [2.05, 4.69) is 41.3 Å². The van der Waals surface area contributed by atoms with Crippen molar-refractivity contribution in [1.29, 1.82) is 0 Å². The van der Waals surface area contributed by atoms with E-state index in [4.69, 9.17) is 4.74 Å². The summed E-state index contributed by atoms with van der Waals surface area (Å²) in [5, 5.41) is 10.8. The van der Waals surface area contributed by atoms with Crippen LogP contribution in [-0.2, 0) is 6.42 Å². The molecule has 26 heavy (non-hydrogen) atoms. The summed E-state index contributed by atoms with van der Waals surface area (Å²) in [6.45, 7) is 1.78. The smallest absolute Gasteiger partial charge is 0.119 e. The average molecular weight is 351 g/mol. The van der Waals surface area contributed by atoms with Gasteiger partial charge in [-0.05, 0) is 66.8 Å². The van der Waals surface area contributed by atoms with Gasteiger partial charge < -0.3 is 9.84 Å². The molecule has 2 aromatic rings. The van der Waals surface area contributed by atoms with Crippen molar-refractivity contribution in [2.45, 2.75) is 50.2 Å². The van der Waals surface area contributed by atoms with E-state index in [1.807, 2.05) is 12.1 Å². The molecular formula is C23H29NO2. The second-order valence-electron chi connectivity index (χ2n) is 7.74. The maximum Gasteiger partial charge on any atom is 0.119 e. The van der Waals surface area contributed by atoms with Crippen molar-refractivity contribution in [2.75, 3.05) is 20.2 Å². The molecule has 2 aromatic carbocycles. The van der Waals surface area contributed by atoms with Gasteiger partial charge in [0.1, 0.15) is 5.75 Å². The van der Waals surface area contributed by atoms with E-state index in [1.165, 1.54) is 36.8 Å². The van der Waals surface area contributed by atoms with E-state index in [-0.39, 0.29) is 0 Å². The summed E-state index contributed by atoms with van der Waals surface area (Å²) in [5.74, 6) is 1.58. The molecule has 4 rings (SSSR count). The van der Waals surface area contributed by atoms with Gasteiger partial charge in [0.05, 0.1) is 13.2 Å². The molecule has 1 atom stereocenters. The number of β-amino-alcohol motifs (C(OH)–C–C–N with tert-alkyl or cyclic N) is 1. The molecule has 0 bridgehead atoms. The highest BCUT2D eigenvalue weighted by atomic mass is 16.5. The molecule has 1 aliphatic heterocycles. The summed E-state index contributed by atoms with van der Waals surface area (Å²) in [6, 6.07) is 17.6. The minimum absolute atomic E-state index is 0.398. The van der Waals surface area contributed by atoms with Gasteiger partial charge in [0.15, 0.2) is 0 Å². The summed E-state index contributed by atoms with van der Waals surface area (Å²) in [5.41, 5.74) is 3.80. The molecule has 2 aliphatic rings. The van der Waals surface area contributed by atoms with Crippen LogP contribution in [0.3, 0.4) is 0 Å². The molecule has 1 heterocycles. The van der Waals surface area contributed by atoms with Gasteiger partial charge in [0.2, 0.25) is 0 Å². The van der Waals surface area contributed by atoms with Gasteiger partial charge >= 0.3 is 0 Å². The molecule has 1 fully saturated rings. The minimum atomic E-state index is -0.398. The highest BCUT2D eigenvalue weighted by Crippen LogP contribution is 2.36. The standard InChI is InChI=1S/C23H29NO2/c1-26-21-11-12-22-19(15-21)13-14-24(16-23(22)25)20-9-7-18(8-10-20)17-5-3-2-4-6-17/h2-6,11-12,15,18,20,23,25H,7-10,13-14,16H2,1H3/t18-,20+,23?. The number of benzene rings is 2. The number of ether oxygens (including phenoxy) is 1. The van der Waals surface area contributed by atoms with Gasteiger partial charge in [0, 0.05) is 19.1 Å². The zero-order chi connectivity index (χ0) is 17.9. The summed E-state index contributed by atoms with van der Waals surface area (Å²) in [6.07, 6.45) is 5.55. The lowest BCUT2D eigenvalue weighted by Gasteiger charge is -2.37. The number of methoxy groups -OCH3 is 1. The Bertz CT molecular complexity index is 722. The van der Waals surface area contributed by atoms with Gasteiger partial charge in [-0.2, -0.15) is 0 Å². The van der Waals surface area contributed by atoms with Crippen LogP contribution in [-0.4, -0.2) is 36.2 Å². The summed E-state index contributed by atoms with van der Waals surface area (Å²) < 4.78 is 5.36. The third-order valence-corrected chi connectivity index (χ3v) is 6.27. The Balaban J connectivity index is 1.41. The second kappa shape index (κ2) is 7.81. The van der Waals surface area contributed by atoms with Crippen LogP contribution in [0, 0.1) is 0 Å². The fourth-order valence-corrected chi connectivity index (χ4v) is 4.76. The van der Waals surface area contributed by atoms with Crippen LogP contribution in [0.1, 0.15) is 54.4 Å². The molecule has 0 spiro atoms. The van der Waals surface area contributed by atoms with Crippen molar-refractivity contribution in [3.8, 4) is 5.75 Å². The van der Waals surface area contributed by atoms with Crippen molar-refractivity contribution in [1.82, 2.24) is 4.90 Å². The highest BCUT2D eigenvalue weighted by Gasteiger charge is 2.30. The normalized spacial score (nSPS) is 26.8. The van der Waals surface area contributed by atoms with Crippen LogP contribution >= 0.6 is 0 Å². The number of hydrogen-bond donors (Lipinski definition) is 1. The molecular weight excluding hydrogens is 322 g/mol. The van der Waals surface area contributed by atoms with E-state index in [1.54, 1.807) is 7.11 Å². The maximum absolute atomic E-state index is 10.8. The Morgan fingerprint density at radius 3 is 2.50 bits per heavy atom. The van der Waals surface area contributed by atoms with Gasteiger partial charge in [-0.25, -0.2) is 0 Å². The third-order valence-electron chi connectivity index (χ3n) is 6.27. The fourth-order valence-electron chi connectivity index (χ4n) is 4.76. The first-order valence-electron chi connectivity index (χ1n) is 9.88. The van der Waals surface area contributed by atoms with Gasteiger partial charge in [-0.3, -0.25) is 4.90 Å². The van der Waals surface area contributed by atoms with Crippen LogP contribution in [0.15, 0.2) is 48.5 Å². The number of aliphatic hydroxyl groups is 1. The summed E-state index contributed by atoms with van der Waals surface area (Å²) >= 11 is 0. The Labute approximate surface area is 156 Å². The molecule has 0 saturated heterocycles. The number of rotatable bonds is 3. The van der Waals surface area contributed by atoms with Gasteiger partial charge in [-0.15, -0.1) is 0 Å². The largest absolute Gasteiger partial charge is 0.497 e. The van der Waals surface area contributed by atoms with Crippen molar-refractivity contribution < 1.29 is 9.84 Å². The highest BCUT2D eigenvalue weighted by molar-refractivity contribution is 5.38. The molecule has 3 nitrogen and oxygen atoms in total. The lowest BCUT2D eigenvalue weighted by molar-refractivity contribution is 0.0774. The Hall–Kier alpha value is -1.84. The zero-order valence-electron chi connectivity index (χ0n) is 15.6. The SMILES string of the molecule is COc1ccc2c(c1)CCN([C@H]1CC[C@@H](c3ccccc3)CC1)CC2O. The molecule has 138 valence electrons. The Morgan fingerprint density at radius 2 is 1.77 bits per heavy atom. The molecule has 0 amide bonds. The van der Waals surface area contributed by atoms with Crippen molar-refractivity contribution in [3.63, 3.8) is 0 Å². The van der Waals surface area contributed by atoms with E-state index < -0.39 is 6.10 Å². The first-order valence-corrected chi connectivity index (χ1v) is 9.88. The molecule has 1 saturated carbocycles. The molecule has 0 radical (unpaired) electrons.